The Morgan fingerprint density at radius 2 is 1.69 bits per heavy atom. The highest BCUT2D eigenvalue weighted by atomic mass is 35.5. The van der Waals surface area contributed by atoms with Gasteiger partial charge in [0.1, 0.15) is 17.9 Å². The summed E-state index contributed by atoms with van der Waals surface area (Å²) in [6.45, 7) is 1.83. The standard InChI is InChI=1S/C25H16Cl4N2O4/c1-13-18(27)3-2-4-21(13)31-24(33)17(23(32)30-25(31)34)9-14-5-8-22(20(29)10-14)35-12-15-6-7-16(26)11-19(15)28/h2-11H,12H2,1H3,(H,30,32,34)/b17-9+. The van der Waals surface area contributed by atoms with Gasteiger partial charge < -0.3 is 4.74 Å². The van der Waals surface area contributed by atoms with Gasteiger partial charge >= 0.3 is 6.03 Å². The zero-order valence-corrected chi connectivity index (χ0v) is 21.1. The summed E-state index contributed by atoms with van der Waals surface area (Å²) in [5.74, 6) is -1.21. The molecule has 10 heteroatoms. The van der Waals surface area contributed by atoms with Gasteiger partial charge in [-0.2, -0.15) is 0 Å². The lowest BCUT2D eigenvalue weighted by molar-refractivity contribution is -0.122. The van der Waals surface area contributed by atoms with Gasteiger partial charge in [-0.3, -0.25) is 14.9 Å². The Hall–Kier alpha value is -3.03. The van der Waals surface area contributed by atoms with Crippen molar-refractivity contribution in [2.24, 2.45) is 0 Å². The molecule has 0 bridgehead atoms. The first-order valence-electron chi connectivity index (χ1n) is 10.2. The summed E-state index contributed by atoms with van der Waals surface area (Å²) in [6, 6.07) is 13.8. The number of amides is 4. The van der Waals surface area contributed by atoms with Crippen molar-refractivity contribution in [2.45, 2.75) is 13.5 Å². The van der Waals surface area contributed by atoms with Crippen LogP contribution in [-0.2, 0) is 16.2 Å². The second-order valence-corrected chi connectivity index (χ2v) is 9.21. The van der Waals surface area contributed by atoms with E-state index >= 15 is 0 Å². The predicted octanol–water partition coefficient (Wildman–Crippen LogP) is 6.85. The number of ether oxygens (including phenoxy) is 1. The molecule has 178 valence electrons. The van der Waals surface area contributed by atoms with Crippen molar-refractivity contribution in [1.82, 2.24) is 5.32 Å². The largest absolute Gasteiger partial charge is 0.487 e. The number of hydrogen-bond donors (Lipinski definition) is 1. The Kier molecular flexibility index (Phi) is 7.38. The number of rotatable bonds is 5. The fourth-order valence-corrected chi connectivity index (χ4v) is 4.28. The van der Waals surface area contributed by atoms with Crippen molar-refractivity contribution < 1.29 is 19.1 Å². The molecule has 3 aromatic rings. The summed E-state index contributed by atoms with van der Waals surface area (Å²) < 4.78 is 5.75. The van der Waals surface area contributed by atoms with E-state index in [4.69, 9.17) is 51.1 Å². The van der Waals surface area contributed by atoms with Crippen molar-refractivity contribution in [1.29, 1.82) is 0 Å². The smallest absolute Gasteiger partial charge is 0.335 e. The maximum atomic E-state index is 13.1. The van der Waals surface area contributed by atoms with Gasteiger partial charge in [0, 0.05) is 20.6 Å². The monoisotopic (exact) mass is 548 g/mol. The molecular weight excluding hydrogens is 534 g/mol. The van der Waals surface area contributed by atoms with Crippen LogP contribution in [0.1, 0.15) is 16.7 Å². The molecule has 0 saturated carbocycles. The fraction of sp³-hybridized carbons (Fsp3) is 0.0800. The molecule has 0 atom stereocenters. The van der Waals surface area contributed by atoms with Crippen LogP contribution in [0.5, 0.6) is 5.75 Å². The topological polar surface area (TPSA) is 75.7 Å². The van der Waals surface area contributed by atoms with Gasteiger partial charge in [0.15, 0.2) is 0 Å². The average Bonchev–Trinajstić information content (AvgIpc) is 2.80. The normalized spacial score (nSPS) is 14.9. The molecule has 1 fully saturated rings. The molecule has 1 saturated heterocycles. The van der Waals surface area contributed by atoms with Crippen LogP contribution in [0.15, 0.2) is 60.2 Å². The molecule has 4 amide bonds. The van der Waals surface area contributed by atoms with E-state index in [0.717, 1.165) is 10.5 Å². The molecule has 0 radical (unpaired) electrons. The molecule has 4 rings (SSSR count). The third-order valence-electron chi connectivity index (χ3n) is 5.25. The number of carbonyl (C=O) groups is 3. The van der Waals surface area contributed by atoms with Gasteiger partial charge in [0.05, 0.1) is 10.7 Å². The van der Waals surface area contributed by atoms with Crippen LogP contribution >= 0.6 is 46.4 Å². The highest BCUT2D eigenvalue weighted by molar-refractivity contribution is 6.40. The molecule has 0 unspecified atom stereocenters. The molecule has 0 aromatic heterocycles. The molecule has 1 N–H and O–H groups in total. The van der Waals surface area contributed by atoms with Crippen LogP contribution in [0.3, 0.4) is 0 Å². The van der Waals surface area contributed by atoms with Gasteiger partial charge in [0.25, 0.3) is 11.8 Å². The third kappa shape index (κ3) is 5.31. The molecule has 1 aliphatic heterocycles. The van der Waals surface area contributed by atoms with Gasteiger partial charge in [0.2, 0.25) is 0 Å². The van der Waals surface area contributed by atoms with Gasteiger partial charge in [-0.05, 0) is 60.5 Å². The van der Waals surface area contributed by atoms with E-state index in [9.17, 15) is 14.4 Å². The predicted molar refractivity (Wildman–Crippen MR) is 137 cm³/mol. The Morgan fingerprint density at radius 1 is 0.914 bits per heavy atom. The van der Waals surface area contributed by atoms with Crippen molar-refractivity contribution in [2.75, 3.05) is 4.90 Å². The zero-order valence-electron chi connectivity index (χ0n) is 18.1. The third-order valence-corrected chi connectivity index (χ3v) is 6.54. The fourth-order valence-electron chi connectivity index (χ4n) is 3.40. The molecule has 6 nitrogen and oxygen atoms in total. The average molecular weight is 550 g/mol. The van der Waals surface area contributed by atoms with Gasteiger partial charge in [-0.1, -0.05) is 64.6 Å². The van der Waals surface area contributed by atoms with E-state index in [1.807, 2.05) is 0 Å². The first-order valence-corrected chi connectivity index (χ1v) is 11.7. The summed E-state index contributed by atoms with van der Waals surface area (Å²) in [6.07, 6.45) is 1.35. The van der Waals surface area contributed by atoms with Crippen molar-refractivity contribution in [3.8, 4) is 5.75 Å². The Balaban J connectivity index is 1.58. The summed E-state index contributed by atoms with van der Waals surface area (Å²) >= 11 is 24.6. The quantitative estimate of drug-likeness (QED) is 0.279. The highest BCUT2D eigenvalue weighted by Crippen LogP contribution is 2.31. The molecule has 1 heterocycles. The lowest BCUT2D eigenvalue weighted by Gasteiger charge is -2.27. The molecule has 3 aromatic carbocycles. The lowest BCUT2D eigenvalue weighted by Crippen LogP contribution is -2.54. The van der Waals surface area contributed by atoms with Crippen LogP contribution in [0, 0.1) is 6.92 Å². The van der Waals surface area contributed by atoms with Crippen LogP contribution in [0.2, 0.25) is 20.1 Å². The maximum Gasteiger partial charge on any atom is 0.335 e. The minimum absolute atomic E-state index is 0.160. The summed E-state index contributed by atoms with van der Waals surface area (Å²) in [5.41, 5.74) is 1.76. The van der Waals surface area contributed by atoms with Crippen LogP contribution in [0.25, 0.3) is 6.08 Å². The Morgan fingerprint density at radius 3 is 2.40 bits per heavy atom. The number of halogens is 4. The van der Waals surface area contributed by atoms with E-state index in [1.165, 1.54) is 6.08 Å². The lowest BCUT2D eigenvalue weighted by atomic mass is 10.1. The number of barbiturate groups is 1. The Labute approximate surface area is 221 Å². The van der Waals surface area contributed by atoms with Gasteiger partial charge in [-0.25, -0.2) is 9.69 Å². The summed E-state index contributed by atoms with van der Waals surface area (Å²) in [4.78, 5) is 38.9. The number of urea groups is 1. The summed E-state index contributed by atoms with van der Waals surface area (Å²) in [7, 11) is 0. The van der Waals surface area contributed by atoms with E-state index in [2.05, 4.69) is 5.32 Å². The number of nitrogens with zero attached hydrogens (tertiary/aromatic N) is 1. The number of hydrogen-bond acceptors (Lipinski definition) is 4. The minimum Gasteiger partial charge on any atom is -0.487 e. The molecule has 1 aliphatic rings. The molecular formula is C25H16Cl4N2O4. The molecule has 0 spiro atoms. The van der Waals surface area contributed by atoms with Crippen LogP contribution in [-0.4, -0.2) is 17.8 Å². The van der Waals surface area contributed by atoms with Crippen molar-refractivity contribution >= 4 is 76.0 Å². The van der Waals surface area contributed by atoms with Crippen LogP contribution < -0.4 is 15.0 Å². The molecule has 0 aliphatic carbocycles. The van der Waals surface area contributed by atoms with Crippen molar-refractivity contribution in [3.63, 3.8) is 0 Å². The number of carbonyl (C=O) groups excluding carboxylic acids is 3. The van der Waals surface area contributed by atoms with E-state index < -0.39 is 17.8 Å². The van der Waals surface area contributed by atoms with Crippen molar-refractivity contribution in [3.05, 3.63) is 97.0 Å². The second-order valence-electron chi connectivity index (χ2n) is 7.56. The second kappa shape index (κ2) is 10.3. The maximum absolute atomic E-state index is 13.1. The van der Waals surface area contributed by atoms with Crippen LogP contribution in [0.4, 0.5) is 10.5 Å². The Bertz CT molecular complexity index is 1400. The highest BCUT2D eigenvalue weighted by Gasteiger charge is 2.37. The SMILES string of the molecule is Cc1c(Cl)cccc1N1C(=O)NC(=O)/C(=C\c2ccc(OCc3ccc(Cl)cc3Cl)c(Cl)c2)C1=O. The zero-order chi connectivity index (χ0) is 25.3. The number of anilines is 1. The number of benzene rings is 3. The van der Waals surface area contributed by atoms with E-state index in [-0.39, 0.29) is 22.9 Å². The summed E-state index contributed by atoms with van der Waals surface area (Å²) in [5, 5.41) is 3.80. The minimum atomic E-state index is -0.856. The van der Waals surface area contributed by atoms with E-state index in [0.29, 0.717) is 31.9 Å². The number of nitrogens with one attached hydrogen (secondary N) is 1. The van der Waals surface area contributed by atoms with E-state index in [1.54, 1.807) is 61.5 Å². The van der Waals surface area contributed by atoms with Gasteiger partial charge in [-0.15, -0.1) is 0 Å². The number of imide groups is 2. The molecule has 35 heavy (non-hydrogen) atoms. The first kappa shape index (κ1) is 25.1. The first-order chi connectivity index (χ1) is 16.7.